The Bertz CT molecular complexity index is 887. The van der Waals surface area contributed by atoms with Gasteiger partial charge in [0.2, 0.25) is 5.91 Å². The lowest BCUT2D eigenvalue weighted by Gasteiger charge is -2.25. The van der Waals surface area contributed by atoms with Crippen LogP contribution in [0.4, 0.5) is 0 Å². The number of carboxylic acid groups (broad SMARTS) is 1. The fourth-order valence-corrected chi connectivity index (χ4v) is 7.35. The Balaban J connectivity index is 1.79. The molecule has 2 atom stereocenters. The molecule has 1 aromatic rings. The summed E-state index contributed by atoms with van der Waals surface area (Å²) in [5.41, 5.74) is 0.829. The monoisotopic (exact) mass is 430 g/mol. The standard InChI is InChI=1S/C17H19ClN2O5S2/c18-12-5-2-1-4-11(12)8-20-13-9-27(24,25)10-14(13)26-17(20)19-15(21)6-3-7-16(22)23/h1-2,4-5,13-14H,3,6-10H2,(H,22,23)/t13-,14+/m0/s1. The molecule has 0 spiro atoms. The number of benzene rings is 1. The first-order valence-electron chi connectivity index (χ1n) is 8.45. The molecule has 0 unspecified atom stereocenters. The van der Waals surface area contributed by atoms with E-state index in [-0.39, 0.29) is 42.1 Å². The van der Waals surface area contributed by atoms with Crippen molar-refractivity contribution >= 4 is 50.2 Å². The summed E-state index contributed by atoms with van der Waals surface area (Å²) in [6, 6.07) is 7.03. The first-order valence-corrected chi connectivity index (χ1v) is 11.5. The van der Waals surface area contributed by atoms with Gasteiger partial charge in [0.05, 0.1) is 17.5 Å². The van der Waals surface area contributed by atoms with Crippen LogP contribution in [0.2, 0.25) is 5.02 Å². The number of aliphatic imine (C=N–C) groups is 1. The number of halogens is 1. The minimum atomic E-state index is -3.12. The summed E-state index contributed by atoms with van der Waals surface area (Å²) < 4.78 is 24.0. The molecule has 146 valence electrons. The number of carbonyl (C=O) groups excluding carboxylic acids is 1. The molecule has 0 radical (unpaired) electrons. The molecule has 1 N–H and O–H groups in total. The van der Waals surface area contributed by atoms with Crippen LogP contribution in [0.1, 0.15) is 24.8 Å². The lowest BCUT2D eigenvalue weighted by atomic mass is 10.1. The molecule has 0 saturated carbocycles. The predicted octanol–water partition coefficient (Wildman–Crippen LogP) is 2.19. The molecule has 7 nitrogen and oxygen atoms in total. The summed E-state index contributed by atoms with van der Waals surface area (Å²) in [6.07, 6.45) is 0.182. The van der Waals surface area contributed by atoms with Crippen molar-refractivity contribution in [3.8, 4) is 0 Å². The van der Waals surface area contributed by atoms with E-state index in [1.807, 2.05) is 23.1 Å². The van der Waals surface area contributed by atoms with Gasteiger partial charge in [0.1, 0.15) is 0 Å². The molecule has 1 amide bonds. The number of hydrogen-bond donors (Lipinski definition) is 1. The minimum absolute atomic E-state index is 0.0291. The Morgan fingerprint density at radius 2 is 2.00 bits per heavy atom. The number of sulfone groups is 1. The molecule has 2 heterocycles. The normalized spacial score (nSPS) is 24.9. The topological polar surface area (TPSA) is 104 Å². The van der Waals surface area contributed by atoms with Crippen LogP contribution in [0.25, 0.3) is 0 Å². The molecule has 3 rings (SSSR count). The maximum Gasteiger partial charge on any atom is 0.303 e. The lowest BCUT2D eigenvalue weighted by molar-refractivity contribution is -0.137. The van der Waals surface area contributed by atoms with Gasteiger partial charge >= 0.3 is 5.97 Å². The van der Waals surface area contributed by atoms with E-state index in [4.69, 9.17) is 16.7 Å². The quantitative estimate of drug-likeness (QED) is 0.737. The Morgan fingerprint density at radius 3 is 2.70 bits per heavy atom. The van der Waals surface area contributed by atoms with Gasteiger partial charge in [-0.15, -0.1) is 0 Å². The molecule has 2 aliphatic rings. The highest BCUT2D eigenvalue weighted by atomic mass is 35.5. The van der Waals surface area contributed by atoms with Crippen molar-refractivity contribution in [2.45, 2.75) is 37.1 Å². The molecule has 27 heavy (non-hydrogen) atoms. The molecule has 0 aliphatic carbocycles. The number of carbonyl (C=O) groups is 2. The summed E-state index contributed by atoms with van der Waals surface area (Å²) in [4.78, 5) is 28.7. The van der Waals surface area contributed by atoms with Crippen molar-refractivity contribution in [1.82, 2.24) is 4.90 Å². The summed E-state index contributed by atoms with van der Waals surface area (Å²) in [5.74, 6) is -1.26. The van der Waals surface area contributed by atoms with E-state index < -0.39 is 21.7 Å². The van der Waals surface area contributed by atoms with Gasteiger partial charge in [-0.1, -0.05) is 41.6 Å². The van der Waals surface area contributed by atoms with Crippen LogP contribution in [0.15, 0.2) is 29.3 Å². The zero-order valence-electron chi connectivity index (χ0n) is 14.4. The molecular formula is C17H19ClN2O5S2. The number of rotatable bonds is 6. The number of nitrogens with zero attached hydrogens (tertiary/aromatic N) is 2. The van der Waals surface area contributed by atoms with E-state index in [1.54, 1.807) is 6.07 Å². The number of amides is 1. The maximum atomic E-state index is 12.1. The SMILES string of the molecule is O=C(O)CCCC(=O)N=C1S[C@@H]2CS(=O)(=O)C[C@@H]2N1Cc1ccccc1Cl. The molecule has 2 fully saturated rings. The average molecular weight is 431 g/mol. The van der Waals surface area contributed by atoms with E-state index in [0.29, 0.717) is 16.7 Å². The zero-order valence-corrected chi connectivity index (χ0v) is 16.8. The second-order valence-electron chi connectivity index (χ2n) is 6.56. The van der Waals surface area contributed by atoms with Crippen LogP contribution < -0.4 is 0 Å². The van der Waals surface area contributed by atoms with Gasteiger partial charge in [-0.05, 0) is 18.1 Å². The Kier molecular flexibility index (Phi) is 6.12. The number of carboxylic acids is 1. The van der Waals surface area contributed by atoms with E-state index in [1.165, 1.54) is 11.8 Å². The summed E-state index contributed by atoms with van der Waals surface area (Å²) >= 11 is 7.54. The van der Waals surface area contributed by atoms with E-state index in [0.717, 1.165) is 5.56 Å². The third kappa shape index (κ3) is 5.03. The highest BCUT2D eigenvalue weighted by molar-refractivity contribution is 8.15. The molecular weight excluding hydrogens is 412 g/mol. The fraction of sp³-hybridized carbons (Fsp3) is 0.471. The Morgan fingerprint density at radius 1 is 1.26 bits per heavy atom. The summed E-state index contributed by atoms with van der Waals surface area (Å²) in [7, 11) is -3.12. The van der Waals surface area contributed by atoms with E-state index >= 15 is 0 Å². The van der Waals surface area contributed by atoms with Gasteiger partial charge in [-0.2, -0.15) is 4.99 Å². The van der Waals surface area contributed by atoms with Crippen molar-refractivity contribution in [2.75, 3.05) is 11.5 Å². The van der Waals surface area contributed by atoms with Crippen molar-refractivity contribution in [1.29, 1.82) is 0 Å². The van der Waals surface area contributed by atoms with Crippen LogP contribution in [-0.4, -0.2) is 58.3 Å². The molecule has 2 saturated heterocycles. The van der Waals surface area contributed by atoms with Crippen LogP contribution in [0, 0.1) is 0 Å². The first-order chi connectivity index (χ1) is 12.7. The smallest absolute Gasteiger partial charge is 0.303 e. The van der Waals surface area contributed by atoms with Crippen molar-refractivity contribution in [3.05, 3.63) is 34.9 Å². The predicted molar refractivity (Wildman–Crippen MR) is 105 cm³/mol. The number of fused-ring (bicyclic) bond motifs is 1. The van der Waals surface area contributed by atoms with Gasteiger partial charge in [0, 0.05) is 29.7 Å². The maximum absolute atomic E-state index is 12.1. The number of hydrogen-bond acceptors (Lipinski definition) is 5. The largest absolute Gasteiger partial charge is 0.481 e. The van der Waals surface area contributed by atoms with Gasteiger partial charge in [0.25, 0.3) is 0 Å². The molecule has 0 aromatic heterocycles. The van der Waals surface area contributed by atoms with Crippen LogP contribution in [0.5, 0.6) is 0 Å². The van der Waals surface area contributed by atoms with E-state index in [2.05, 4.69) is 4.99 Å². The van der Waals surface area contributed by atoms with Gasteiger partial charge in [0.15, 0.2) is 15.0 Å². The fourth-order valence-electron chi connectivity index (χ4n) is 3.18. The zero-order chi connectivity index (χ0) is 19.6. The molecule has 2 aliphatic heterocycles. The molecule has 10 heteroatoms. The van der Waals surface area contributed by atoms with Crippen LogP contribution in [-0.2, 0) is 26.0 Å². The Hall–Kier alpha value is -1.58. The van der Waals surface area contributed by atoms with Crippen molar-refractivity contribution < 1.29 is 23.1 Å². The average Bonchev–Trinajstić information content (AvgIpc) is 3.01. The van der Waals surface area contributed by atoms with Crippen molar-refractivity contribution in [3.63, 3.8) is 0 Å². The minimum Gasteiger partial charge on any atom is -0.481 e. The molecule has 0 bridgehead atoms. The van der Waals surface area contributed by atoms with Crippen molar-refractivity contribution in [2.24, 2.45) is 4.99 Å². The van der Waals surface area contributed by atoms with E-state index in [9.17, 15) is 18.0 Å². The van der Waals surface area contributed by atoms with Crippen LogP contribution >= 0.6 is 23.4 Å². The lowest BCUT2D eigenvalue weighted by Crippen LogP contribution is -2.37. The van der Waals surface area contributed by atoms with Gasteiger partial charge in [-0.3, -0.25) is 9.59 Å². The summed E-state index contributed by atoms with van der Waals surface area (Å²) in [6.45, 7) is 0.366. The third-order valence-electron chi connectivity index (χ3n) is 4.48. The molecule has 1 aromatic carbocycles. The second kappa shape index (κ2) is 8.20. The number of amidine groups is 1. The highest BCUT2D eigenvalue weighted by Gasteiger charge is 2.48. The highest BCUT2D eigenvalue weighted by Crippen LogP contribution is 2.39. The number of aliphatic carboxylic acids is 1. The second-order valence-corrected chi connectivity index (χ2v) is 10.3. The third-order valence-corrected chi connectivity index (χ3v) is 8.09. The van der Waals surface area contributed by atoms with Gasteiger partial charge < -0.3 is 10.0 Å². The summed E-state index contributed by atoms with van der Waals surface area (Å²) in [5, 5.41) is 9.56. The van der Waals surface area contributed by atoms with Gasteiger partial charge in [-0.25, -0.2) is 8.42 Å². The van der Waals surface area contributed by atoms with Crippen LogP contribution in [0.3, 0.4) is 0 Å². The Labute approximate surface area is 166 Å². The number of thioether (sulfide) groups is 1. The first kappa shape index (κ1) is 20.2.